The molecule has 0 unspecified atom stereocenters. The quantitative estimate of drug-likeness (QED) is 0.447. The molecule has 23 heavy (non-hydrogen) atoms. The van der Waals surface area contributed by atoms with Gasteiger partial charge >= 0.3 is 12.1 Å². The summed E-state index contributed by atoms with van der Waals surface area (Å²) in [6, 6.07) is 4.71. The van der Waals surface area contributed by atoms with E-state index in [4.69, 9.17) is 14.2 Å². The molecule has 0 spiro atoms. The smallest absolute Gasteiger partial charge is 0.496 e. The van der Waals surface area contributed by atoms with Gasteiger partial charge in [-0.3, -0.25) is 4.89 Å². The minimum Gasteiger partial charge on any atom is -0.496 e. The number of hydrogen-bond acceptors (Lipinski definition) is 8. The fourth-order valence-corrected chi connectivity index (χ4v) is 1.47. The molecular weight excluding hydrogens is 308 g/mol. The Kier molecular flexibility index (Phi) is 6.65. The number of rotatable bonds is 6. The Morgan fingerprint density at radius 1 is 1.00 bits per heavy atom. The first-order valence-electron chi connectivity index (χ1n) is 6.71. The van der Waals surface area contributed by atoms with Crippen LogP contribution in [0.2, 0.25) is 0 Å². The van der Waals surface area contributed by atoms with Gasteiger partial charge in [0.05, 0.1) is 25.9 Å². The van der Waals surface area contributed by atoms with E-state index in [2.05, 4.69) is 14.8 Å². The molecule has 0 atom stereocenters. The van der Waals surface area contributed by atoms with E-state index in [0.29, 0.717) is 0 Å². The predicted octanol–water partition coefficient (Wildman–Crippen LogP) is 2.91. The molecule has 0 fully saturated rings. The molecular formula is C15H20O8. The highest BCUT2D eigenvalue weighted by molar-refractivity contribution is 5.95. The zero-order chi connectivity index (χ0) is 17.5. The maximum absolute atomic E-state index is 12.0. The van der Waals surface area contributed by atoms with E-state index < -0.39 is 12.1 Å². The number of ether oxygens (including phenoxy) is 3. The molecule has 0 aliphatic carbocycles. The molecule has 0 aliphatic heterocycles. The summed E-state index contributed by atoms with van der Waals surface area (Å²) in [6.07, 6.45) is -1.13. The van der Waals surface area contributed by atoms with Gasteiger partial charge in [-0.15, -0.1) is 0 Å². The van der Waals surface area contributed by atoms with Crippen LogP contribution in [0.1, 0.15) is 31.1 Å². The van der Waals surface area contributed by atoms with Gasteiger partial charge in [-0.25, -0.2) is 14.5 Å². The molecule has 0 saturated carbocycles. The van der Waals surface area contributed by atoms with Crippen LogP contribution in [0.4, 0.5) is 4.79 Å². The fourth-order valence-electron chi connectivity index (χ4n) is 1.47. The SMILES string of the molecule is COc1cccc(OC)c1C(=O)OOOC(=O)OCC(C)(C)C. The summed E-state index contributed by atoms with van der Waals surface area (Å²) >= 11 is 0. The van der Waals surface area contributed by atoms with Crippen molar-refractivity contribution in [2.45, 2.75) is 20.8 Å². The molecule has 1 rings (SSSR count). The van der Waals surface area contributed by atoms with Crippen molar-refractivity contribution in [2.75, 3.05) is 20.8 Å². The minimum atomic E-state index is -1.13. The molecule has 128 valence electrons. The van der Waals surface area contributed by atoms with Crippen molar-refractivity contribution in [3.8, 4) is 11.5 Å². The van der Waals surface area contributed by atoms with Crippen LogP contribution in [0.3, 0.4) is 0 Å². The highest BCUT2D eigenvalue weighted by Gasteiger charge is 2.22. The molecule has 0 saturated heterocycles. The van der Waals surface area contributed by atoms with E-state index in [-0.39, 0.29) is 29.1 Å². The topological polar surface area (TPSA) is 89.5 Å². The Morgan fingerprint density at radius 2 is 1.57 bits per heavy atom. The third-order valence-corrected chi connectivity index (χ3v) is 2.47. The second kappa shape index (κ2) is 8.23. The number of carbonyl (C=O) groups excluding carboxylic acids is 2. The molecule has 0 radical (unpaired) electrons. The second-order valence-corrected chi connectivity index (χ2v) is 5.66. The summed E-state index contributed by atoms with van der Waals surface area (Å²) in [5, 5.41) is 4.14. The molecule has 0 aliphatic rings. The first kappa shape index (κ1) is 18.6. The normalized spacial score (nSPS) is 10.7. The van der Waals surface area contributed by atoms with Crippen LogP contribution in [-0.2, 0) is 19.6 Å². The minimum absolute atomic E-state index is 0.0100. The second-order valence-electron chi connectivity index (χ2n) is 5.66. The van der Waals surface area contributed by atoms with E-state index in [1.54, 1.807) is 6.07 Å². The van der Waals surface area contributed by atoms with Gasteiger partial charge in [0.15, 0.2) is 0 Å². The van der Waals surface area contributed by atoms with Gasteiger partial charge in [-0.05, 0) is 17.5 Å². The first-order chi connectivity index (χ1) is 10.8. The van der Waals surface area contributed by atoms with Crippen molar-refractivity contribution < 1.29 is 38.6 Å². The zero-order valence-corrected chi connectivity index (χ0v) is 13.7. The number of methoxy groups -OCH3 is 2. The van der Waals surface area contributed by atoms with Gasteiger partial charge in [0.25, 0.3) is 0 Å². The molecule has 1 aromatic carbocycles. The molecule has 8 nitrogen and oxygen atoms in total. The van der Waals surface area contributed by atoms with E-state index in [0.717, 1.165) is 0 Å². The summed E-state index contributed by atoms with van der Waals surface area (Å²) < 4.78 is 14.8. The van der Waals surface area contributed by atoms with Gasteiger partial charge in [0.1, 0.15) is 17.1 Å². The molecule has 0 aromatic heterocycles. The Morgan fingerprint density at radius 3 is 2.04 bits per heavy atom. The van der Waals surface area contributed by atoms with Crippen molar-refractivity contribution in [1.82, 2.24) is 0 Å². The number of carbonyl (C=O) groups is 2. The monoisotopic (exact) mass is 328 g/mol. The van der Waals surface area contributed by atoms with Crippen LogP contribution in [0.15, 0.2) is 18.2 Å². The van der Waals surface area contributed by atoms with E-state index in [1.807, 2.05) is 20.8 Å². The van der Waals surface area contributed by atoms with E-state index >= 15 is 0 Å². The largest absolute Gasteiger partial charge is 0.543 e. The molecule has 0 amide bonds. The number of benzene rings is 1. The van der Waals surface area contributed by atoms with E-state index in [1.165, 1.54) is 26.4 Å². The summed E-state index contributed by atoms with van der Waals surface area (Å²) in [6.45, 7) is 5.73. The predicted molar refractivity (Wildman–Crippen MR) is 77.9 cm³/mol. The zero-order valence-electron chi connectivity index (χ0n) is 13.7. The average Bonchev–Trinajstić information content (AvgIpc) is 2.51. The van der Waals surface area contributed by atoms with Gasteiger partial charge in [-0.1, -0.05) is 26.8 Å². The van der Waals surface area contributed by atoms with Crippen molar-refractivity contribution in [3.05, 3.63) is 23.8 Å². The summed E-state index contributed by atoms with van der Waals surface area (Å²) in [7, 11) is 2.76. The van der Waals surface area contributed by atoms with Crippen LogP contribution in [-0.4, -0.2) is 33.0 Å². The van der Waals surface area contributed by atoms with Gasteiger partial charge in [0, 0.05) is 0 Å². The molecule has 8 heteroatoms. The van der Waals surface area contributed by atoms with Crippen molar-refractivity contribution in [1.29, 1.82) is 0 Å². The lowest BCUT2D eigenvalue weighted by atomic mass is 9.99. The Balaban J connectivity index is 2.56. The maximum atomic E-state index is 12.0. The lowest BCUT2D eigenvalue weighted by Gasteiger charge is -2.16. The van der Waals surface area contributed by atoms with Crippen LogP contribution in [0, 0.1) is 5.41 Å². The third-order valence-electron chi connectivity index (χ3n) is 2.47. The summed E-state index contributed by atoms with van der Waals surface area (Å²) in [5.74, 6) is -0.524. The first-order valence-corrected chi connectivity index (χ1v) is 6.71. The Labute approximate surface area is 134 Å². The molecule has 1 aromatic rings. The van der Waals surface area contributed by atoms with E-state index in [9.17, 15) is 9.59 Å². The Bertz CT molecular complexity index is 525. The molecule has 0 heterocycles. The van der Waals surface area contributed by atoms with Crippen molar-refractivity contribution >= 4 is 12.1 Å². The summed E-state index contributed by atoms with van der Waals surface area (Å²) in [5.41, 5.74) is -0.246. The van der Waals surface area contributed by atoms with Crippen molar-refractivity contribution in [2.24, 2.45) is 5.41 Å². The highest BCUT2D eigenvalue weighted by atomic mass is 17.5. The van der Waals surface area contributed by atoms with Crippen molar-refractivity contribution in [3.63, 3.8) is 0 Å². The molecule has 0 N–H and O–H groups in total. The lowest BCUT2D eigenvalue weighted by molar-refractivity contribution is -0.452. The fraction of sp³-hybridized carbons (Fsp3) is 0.467. The van der Waals surface area contributed by atoms with Crippen LogP contribution in [0.5, 0.6) is 11.5 Å². The van der Waals surface area contributed by atoms with Crippen LogP contribution < -0.4 is 9.47 Å². The van der Waals surface area contributed by atoms with Gasteiger partial charge in [-0.2, -0.15) is 0 Å². The average molecular weight is 328 g/mol. The maximum Gasteiger partial charge on any atom is 0.543 e. The standard InChI is InChI=1S/C15H20O8/c1-15(2,3)9-20-14(17)22-23-21-13(16)12-10(18-4)7-6-8-11(12)19-5/h6-8H,9H2,1-5H3. The van der Waals surface area contributed by atoms with Gasteiger partial charge < -0.3 is 14.2 Å². The third kappa shape index (κ3) is 6.03. The number of hydrogen-bond donors (Lipinski definition) is 0. The van der Waals surface area contributed by atoms with Crippen LogP contribution in [0.25, 0.3) is 0 Å². The van der Waals surface area contributed by atoms with Crippen LogP contribution >= 0.6 is 0 Å². The lowest BCUT2D eigenvalue weighted by Crippen LogP contribution is -2.20. The highest BCUT2D eigenvalue weighted by Crippen LogP contribution is 2.28. The Hall–Kier alpha value is -2.48. The molecule has 0 bridgehead atoms. The van der Waals surface area contributed by atoms with Gasteiger partial charge in [0.2, 0.25) is 0 Å². The summed E-state index contributed by atoms with van der Waals surface area (Å²) in [4.78, 5) is 31.8.